The van der Waals surface area contributed by atoms with E-state index in [0.717, 1.165) is 0 Å². The zero-order chi connectivity index (χ0) is 15.3. The molecule has 0 radical (unpaired) electrons. The van der Waals surface area contributed by atoms with Crippen LogP contribution >= 0.6 is 11.6 Å². The average molecular weight is 334 g/mol. The van der Waals surface area contributed by atoms with Crippen molar-refractivity contribution in [3.05, 3.63) is 24.3 Å². The number of benzene rings is 1. The summed E-state index contributed by atoms with van der Waals surface area (Å²) in [6.45, 7) is 1.46. The van der Waals surface area contributed by atoms with Gasteiger partial charge in [0.15, 0.2) is 0 Å². The van der Waals surface area contributed by atoms with Crippen LogP contribution in [-0.4, -0.2) is 51.5 Å². The Morgan fingerprint density at radius 1 is 1.24 bits per heavy atom. The highest BCUT2D eigenvalue weighted by Crippen LogP contribution is 2.23. The molecule has 0 saturated carbocycles. The van der Waals surface area contributed by atoms with Crippen molar-refractivity contribution in [3.8, 4) is 5.75 Å². The van der Waals surface area contributed by atoms with Gasteiger partial charge in [0.25, 0.3) is 0 Å². The molecule has 0 N–H and O–H groups in total. The lowest BCUT2D eigenvalue weighted by molar-refractivity contribution is 0.0301. The normalized spacial score (nSPS) is 17.8. The van der Waals surface area contributed by atoms with Crippen LogP contribution in [0.15, 0.2) is 29.2 Å². The fraction of sp³-hybridized carbons (Fsp3) is 0.571. The van der Waals surface area contributed by atoms with E-state index in [2.05, 4.69) is 0 Å². The first kappa shape index (κ1) is 16.5. The summed E-state index contributed by atoms with van der Waals surface area (Å²) in [5, 5.41) is 0. The van der Waals surface area contributed by atoms with Gasteiger partial charge >= 0.3 is 0 Å². The molecule has 1 aromatic rings. The zero-order valence-electron chi connectivity index (χ0n) is 12.0. The number of piperidine rings is 1. The lowest BCUT2D eigenvalue weighted by atomic mass is 10.1. The molecule has 7 heteroatoms. The molecule has 1 saturated heterocycles. The number of hydrogen-bond donors (Lipinski definition) is 0. The van der Waals surface area contributed by atoms with Crippen LogP contribution in [0.1, 0.15) is 12.8 Å². The van der Waals surface area contributed by atoms with Crippen molar-refractivity contribution in [1.29, 1.82) is 0 Å². The Labute approximate surface area is 130 Å². The van der Waals surface area contributed by atoms with Gasteiger partial charge in [-0.05, 0) is 37.1 Å². The van der Waals surface area contributed by atoms with Gasteiger partial charge in [-0.1, -0.05) is 0 Å². The van der Waals surface area contributed by atoms with Crippen LogP contribution in [0.5, 0.6) is 5.75 Å². The van der Waals surface area contributed by atoms with E-state index in [-0.39, 0.29) is 6.10 Å². The molecule has 2 rings (SSSR count). The number of alkyl halides is 1. The third-order valence-electron chi connectivity index (χ3n) is 3.53. The van der Waals surface area contributed by atoms with Crippen molar-refractivity contribution >= 4 is 21.6 Å². The number of sulfonamides is 1. The minimum Gasteiger partial charge on any atom is -0.497 e. The van der Waals surface area contributed by atoms with E-state index in [1.165, 1.54) is 4.31 Å². The molecule has 0 spiro atoms. The maximum Gasteiger partial charge on any atom is 0.243 e. The molecule has 1 fully saturated rings. The van der Waals surface area contributed by atoms with E-state index in [1.54, 1.807) is 31.4 Å². The first-order valence-corrected chi connectivity index (χ1v) is 8.87. The Kier molecular flexibility index (Phi) is 5.87. The Hall–Kier alpha value is -0.820. The van der Waals surface area contributed by atoms with Gasteiger partial charge in [-0.15, -0.1) is 11.6 Å². The first-order chi connectivity index (χ1) is 10.1. The van der Waals surface area contributed by atoms with E-state index >= 15 is 0 Å². The van der Waals surface area contributed by atoms with Gasteiger partial charge in [-0.25, -0.2) is 8.42 Å². The second kappa shape index (κ2) is 7.45. The van der Waals surface area contributed by atoms with Crippen molar-refractivity contribution in [2.45, 2.75) is 23.8 Å². The highest BCUT2D eigenvalue weighted by atomic mass is 35.5. The predicted octanol–water partition coefficient (Wildman–Crippen LogP) is 2.10. The number of hydrogen-bond acceptors (Lipinski definition) is 4. The van der Waals surface area contributed by atoms with Gasteiger partial charge in [0.2, 0.25) is 10.0 Å². The third-order valence-corrected chi connectivity index (χ3v) is 5.60. The summed E-state index contributed by atoms with van der Waals surface area (Å²) >= 11 is 5.59. The number of methoxy groups -OCH3 is 1. The molecule has 0 aromatic heterocycles. The number of ether oxygens (including phenoxy) is 2. The first-order valence-electron chi connectivity index (χ1n) is 6.89. The van der Waals surface area contributed by atoms with Crippen molar-refractivity contribution in [3.63, 3.8) is 0 Å². The van der Waals surface area contributed by atoms with E-state index in [1.807, 2.05) is 0 Å². The van der Waals surface area contributed by atoms with Crippen LogP contribution in [-0.2, 0) is 14.8 Å². The third kappa shape index (κ3) is 4.10. The second-order valence-electron chi connectivity index (χ2n) is 4.84. The van der Waals surface area contributed by atoms with E-state index in [9.17, 15) is 8.42 Å². The Morgan fingerprint density at radius 2 is 1.86 bits per heavy atom. The van der Waals surface area contributed by atoms with Crippen LogP contribution in [0.4, 0.5) is 0 Å². The highest BCUT2D eigenvalue weighted by molar-refractivity contribution is 7.89. The summed E-state index contributed by atoms with van der Waals surface area (Å²) < 4.78 is 37.2. The number of halogens is 1. The SMILES string of the molecule is COc1ccc(S(=O)(=O)N2CCC(OCCCl)CC2)cc1. The van der Waals surface area contributed by atoms with Crippen molar-refractivity contribution < 1.29 is 17.9 Å². The maximum absolute atomic E-state index is 12.5. The van der Waals surface area contributed by atoms with Crippen LogP contribution in [0, 0.1) is 0 Å². The molecule has 0 unspecified atom stereocenters. The quantitative estimate of drug-likeness (QED) is 0.748. The summed E-state index contributed by atoms with van der Waals surface area (Å²) in [5.74, 6) is 1.10. The lowest BCUT2D eigenvalue weighted by Crippen LogP contribution is -2.40. The van der Waals surface area contributed by atoms with E-state index in [0.29, 0.717) is 49.1 Å². The standard InChI is InChI=1S/C14H20ClNO4S/c1-19-12-2-4-14(5-3-12)21(17,18)16-9-6-13(7-10-16)20-11-8-15/h2-5,13H,6-11H2,1H3. The molecule has 1 aromatic carbocycles. The summed E-state index contributed by atoms with van der Waals surface area (Å²) in [6, 6.07) is 6.46. The Morgan fingerprint density at radius 3 is 2.38 bits per heavy atom. The molecule has 5 nitrogen and oxygen atoms in total. The Balaban J connectivity index is 2.00. The van der Waals surface area contributed by atoms with Crippen LogP contribution < -0.4 is 4.74 Å². The van der Waals surface area contributed by atoms with E-state index in [4.69, 9.17) is 21.1 Å². The summed E-state index contributed by atoms with van der Waals surface area (Å²) in [7, 11) is -1.88. The summed E-state index contributed by atoms with van der Waals surface area (Å²) in [5.41, 5.74) is 0. The number of nitrogens with zero attached hydrogens (tertiary/aromatic N) is 1. The average Bonchev–Trinajstić information content (AvgIpc) is 2.53. The van der Waals surface area contributed by atoms with Gasteiger partial charge in [0.05, 0.1) is 24.7 Å². The molecule has 0 bridgehead atoms. The smallest absolute Gasteiger partial charge is 0.243 e. The van der Waals surface area contributed by atoms with Gasteiger partial charge in [-0.2, -0.15) is 4.31 Å². The molecular formula is C14H20ClNO4S. The van der Waals surface area contributed by atoms with E-state index < -0.39 is 10.0 Å². The fourth-order valence-electron chi connectivity index (χ4n) is 2.35. The lowest BCUT2D eigenvalue weighted by Gasteiger charge is -2.31. The molecule has 118 valence electrons. The Bertz CT molecular complexity index is 539. The largest absolute Gasteiger partial charge is 0.497 e. The van der Waals surface area contributed by atoms with Crippen LogP contribution in [0.2, 0.25) is 0 Å². The zero-order valence-corrected chi connectivity index (χ0v) is 13.6. The molecule has 0 amide bonds. The second-order valence-corrected chi connectivity index (χ2v) is 7.15. The fourth-order valence-corrected chi connectivity index (χ4v) is 3.91. The molecule has 0 aliphatic carbocycles. The van der Waals surface area contributed by atoms with Crippen molar-refractivity contribution in [2.75, 3.05) is 32.7 Å². The molecule has 0 atom stereocenters. The van der Waals surface area contributed by atoms with Gasteiger partial charge in [0, 0.05) is 19.0 Å². The van der Waals surface area contributed by atoms with Crippen molar-refractivity contribution in [1.82, 2.24) is 4.31 Å². The molecule has 21 heavy (non-hydrogen) atoms. The maximum atomic E-state index is 12.5. The minimum atomic E-state index is -3.43. The van der Waals surface area contributed by atoms with Gasteiger partial charge < -0.3 is 9.47 Å². The van der Waals surface area contributed by atoms with Crippen molar-refractivity contribution in [2.24, 2.45) is 0 Å². The number of rotatable bonds is 6. The molecule has 1 heterocycles. The molecular weight excluding hydrogens is 314 g/mol. The highest BCUT2D eigenvalue weighted by Gasteiger charge is 2.29. The molecule has 1 aliphatic heterocycles. The van der Waals surface area contributed by atoms with Crippen LogP contribution in [0.3, 0.4) is 0 Å². The topological polar surface area (TPSA) is 55.8 Å². The molecule has 1 aliphatic rings. The summed E-state index contributed by atoms with van der Waals surface area (Å²) in [4.78, 5) is 0.295. The van der Waals surface area contributed by atoms with Gasteiger partial charge in [-0.3, -0.25) is 0 Å². The predicted molar refractivity (Wildman–Crippen MR) is 81.4 cm³/mol. The van der Waals surface area contributed by atoms with Crippen LogP contribution in [0.25, 0.3) is 0 Å². The minimum absolute atomic E-state index is 0.103. The summed E-state index contributed by atoms with van der Waals surface area (Å²) in [6.07, 6.45) is 1.50. The van der Waals surface area contributed by atoms with Gasteiger partial charge in [0.1, 0.15) is 5.75 Å². The monoisotopic (exact) mass is 333 g/mol.